The van der Waals surface area contributed by atoms with E-state index in [1.807, 2.05) is 0 Å². The lowest BCUT2D eigenvalue weighted by Gasteiger charge is -2.32. The molecule has 1 aromatic carbocycles. The maximum absolute atomic E-state index is 3.69. The topological polar surface area (TPSA) is 12.0 Å². The van der Waals surface area contributed by atoms with E-state index in [0.29, 0.717) is 6.04 Å². The molecule has 1 nitrogen and oxygen atoms in total. The fourth-order valence-corrected chi connectivity index (χ4v) is 3.24. The molecule has 0 bridgehead atoms. The Balaban J connectivity index is 1.81. The first-order valence-corrected chi connectivity index (χ1v) is 7.18. The number of hydrogen-bond acceptors (Lipinski definition) is 1. The van der Waals surface area contributed by atoms with E-state index >= 15 is 0 Å². The number of hydrogen-bond donors (Lipinski definition) is 1. The normalized spacial score (nSPS) is 29.9. The van der Waals surface area contributed by atoms with E-state index in [1.165, 1.54) is 44.2 Å². The standard InChI is InChI=1S/C16H23N/c1-12-5-4-10-17-16(12)15-9-3-8-14(11-15)13-6-2-7-13/h3,8-9,11-13,16-17H,2,4-7,10H2,1H3. The third kappa shape index (κ3) is 2.26. The maximum Gasteiger partial charge on any atom is 0.0346 e. The van der Waals surface area contributed by atoms with Crippen molar-refractivity contribution >= 4 is 0 Å². The SMILES string of the molecule is CC1CCCNC1c1cccc(C2CCC2)c1. The van der Waals surface area contributed by atoms with Crippen LogP contribution in [-0.2, 0) is 0 Å². The van der Waals surface area contributed by atoms with Crippen molar-refractivity contribution in [2.75, 3.05) is 6.54 Å². The van der Waals surface area contributed by atoms with Gasteiger partial charge in [-0.05, 0) is 55.2 Å². The first-order chi connectivity index (χ1) is 8.34. The molecule has 2 fully saturated rings. The van der Waals surface area contributed by atoms with Crippen LogP contribution in [-0.4, -0.2) is 6.54 Å². The number of benzene rings is 1. The summed E-state index contributed by atoms with van der Waals surface area (Å²) >= 11 is 0. The second kappa shape index (κ2) is 4.81. The van der Waals surface area contributed by atoms with Gasteiger partial charge in [0.1, 0.15) is 0 Å². The molecular weight excluding hydrogens is 206 g/mol. The minimum atomic E-state index is 0.587. The molecule has 1 heteroatoms. The Labute approximate surface area is 105 Å². The second-order valence-electron chi connectivity index (χ2n) is 5.85. The molecule has 0 aromatic heterocycles. The molecule has 92 valence electrons. The van der Waals surface area contributed by atoms with Crippen molar-refractivity contribution in [2.45, 2.75) is 51.0 Å². The highest BCUT2D eigenvalue weighted by molar-refractivity contribution is 5.30. The van der Waals surface area contributed by atoms with Crippen molar-refractivity contribution < 1.29 is 0 Å². The third-order valence-corrected chi connectivity index (χ3v) is 4.62. The molecule has 0 amide bonds. The molecule has 1 saturated carbocycles. The molecule has 2 atom stereocenters. The zero-order valence-corrected chi connectivity index (χ0v) is 10.8. The van der Waals surface area contributed by atoms with E-state index in [-0.39, 0.29) is 0 Å². The van der Waals surface area contributed by atoms with E-state index in [9.17, 15) is 0 Å². The van der Waals surface area contributed by atoms with Crippen molar-refractivity contribution in [1.82, 2.24) is 5.32 Å². The zero-order valence-electron chi connectivity index (χ0n) is 10.8. The van der Waals surface area contributed by atoms with Crippen LogP contribution >= 0.6 is 0 Å². The van der Waals surface area contributed by atoms with Gasteiger partial charge in [0, 0.05) is 6.04 Å². The predicted molar refractivity (Wildman–Crippen MR) is 72.2 cm³/mol. The van der Waals surface area contributed by atoms with Gasteiger partial charge in [0.05, 0.1) is 0 Å². The average molecular weight is 229 g/mol. The van der Waals surface area contributed by atoms with Crippen LogP contribution in [0.15, 0.2) is 24.3 Å². The number of rotatable bonds is 2. The summed E-state index contributed by atoms with van der Waals surface area (Å²) < 4.78 is 0. The van der Waals surface area contributed by atoms with Crippen LogP contribution in [0, 0.1) is 5.92 Å². The highest BCUT2D eigenvalue weighted by atomic mass is 14.9. The van der Waals surface area contributed by atoms with E-state index in [2.05, 4.69) is 36.5 Å². The summed E-state index contributed by atoms with van der Waals surface area (Å²) in [7, 11) is 0. The average Bonchev–Trinajstić information content (AvgIpc) is 2.28. The van der Waals surface area contributed by atoms with Gasteiger partial charge in [-0.1, -0.05) is 37.6 Å². The van der Waals surface area contributed by atoms with Crippen LogP contribution in [0.5, 0.6) is 0 Å². The molecule has 0 radical (unpaired) electrons. The molecule has 1 N–H and O–H groups in total. The summed E-state index contributed by atoms with van der Waals surface area (Å²) in [6, 6.07) is 9.93. The molecular formula is C16H23N. The summed E-state index contributed by atoms with van der Waals surface area (Å²) in [5.74, 6) is 1.63. The van der Waals surface area contributed by atoms with Gasteiger partial charge >= 0.3 is 0 Å². The van der Waals surface area contributed by atoms with Crippen LogP contribution in [0.4, 0.5) is 0 Å². The van der Waals surface area contributed by atoms with Crippen molar-refractivity contribution in [2.24, 2.45) is 5.92 Å². The van der Waals surface area contributed by atoms with Crippen LogP contribution < -0.4 is 5.32 Å². The van der Waals surface area contributed by atoms with Gasteiger partial charge in [-0.25, -0.2) is 0 Å². The highest BCUT2D eigenvalue weighted by Gasteiger charge is 2.24. The molecule has 1 aliphatic carbocycles. The van der Waals surface area contributed by atoms with Gasteiger partial charge in [-0.3, -0.25) is 0 Å². The maximum atomic E-state index is 3.69. The Morgan fingerprint density at radius 2 is 1.88 bits per heavy atom. The Kier molecular flexibility index (Phi) is 3.19. The molecule has 3 rings (SSSR count). The second-order valence-corrected chi connectivity index (χ2v) is 5.85. The molecule has 17 heavy (non-hydrogen) atoms. The van der Waals surface area contributed by atoms with E-state index in [4.69, 9.17) is 0 Å². The molecule has 2 unspecified atom stereocenters. The monoisotopic (exact) mass is 229 g/mol. The van der Waals surface area contributed by atoms with Crippen LogP contribution in [0.25, 0.3) is 0 Å². The summed E-state index contributed by atoms with van der Waals surface area (Å²) in [5, 5.41) is 3.69. The number of nitrogens with one attached hydrogen (secondary N) is 1. The molecule has 1 aromatic rings. The molecule has 1 heterocycles. The molecule has 0 spiro atoms. The Morgan fingerprint density at radius 3 is 2.59 bits per heavy atom. The summed E-state index contributed by atoms with van der Waals surface area (Å²) in [6.07, 6.45) is 6.92. The molecule has 2 aliphatic rings. The minimum absolute atomic E-state index is 0.587. The van der Waals surface area contributed by atoms with Crippen LogP contribution in [0.1, 0.15) is 62.1 Å². The Morgan fingerprint density at radius 1 is 1.06 bits per heavy atom. The fraction of sp³-hybridized carbons (Fsp3) is 0.625. The number of piperidine rings is 1. The summed E-state index contributed by atoms with van der Waals surface area (Å²) in [6.45, 7) is 3.56. The van der Waals surface area contributed by atoms with Gasteiger partial charge < -0.3 is 5.32 Å². The van der Waals surface area contributed by atoms with E-state index < -0.39 is 0 Å². The predicted octanol–water partition coefficient (Wildman–Crippen LogP) is 4.01. The van der Waals surface area contributed by atoms with Crippen molar-refractivity contribution in [1.29, 1.82) is 0 Å². The highest BCUT2D eigenvalue weighted by Crippen LogP contribution is 2.38. The quantitative estimate of drug-likeness (QED) is 0.808. The minimum Gasteiger partial charge on any atom is -0.310 e. The third-order valence-electron chi connectivity index (χ3n) is 4.62. The van der Waals surface area contributed by atoms with Gasteiger partial charge in [-0.2, -0.15) is 0 Å². The van der Waals surface area contributed by atoms with Crippen LogP contribution in [0.2, 0.25) is 0 Å². The smallest absolute Gasteiger partial charge is 0.0346 e. The first-order valence-electron chi connectivity index (χ1n) is 7.18. The van der Waals surface area contributed by atoms with Crippen molar-refractivity contribution in [3.05, 3.63) is 35.4 Å². The fourth-order valence-electron chi connectivity index (χ4n) is 3.24. The lowest BCUT2D eigenvalue weighted by molar-refractivity contribution is 0.305. The van der Waals surface area contributed by atoms with E-state index in [0.717, 1.165) is 11.8 Å². The largest absolute Gasteiger partial charge is 0.310 e. The lowest BCUT2D eigenvalue weighted by Crippen LogP contribution is -2.32. The Bertz CT molecular complexity index is 381. The van der Waals surface area contributed by atoms with Crippen molar-refractivity contribution in [3.8, 4) is 0 Å². The van der Waals surface area contributed by atoms with Crippen molar-refractivity contribution in [3.63, 3.8) is 0 Å². The van der Waals surface area contributed by atoms with Gasteiger partial charge in [0.25, 0.3) is 0 Å². The summed E-state index contributed by atoms with van der Waals surface area (Å²) in [5.41, 5.74) is 3.09. The van der Waals surface area contributed by atoms with Gasteiger partial charge in [-0.15, -0.1) is 0 Å². The van der Waals surface area contributed by atoms with Gasteiger partial charge in [0.15, 0.2) is 0 Å². The zero-order chi connectivity index (χ0) is 11.7. The summed E-state index contributed by atoms with van der Waals surface area (Å²) in [4.78, 5) is 0. The van der Waals surface area contributed by atoms with Crippen LogP contribution in [0.3, 0.4) is 0 Å². The van der Waals surface area contributed by atoms with Gasteiger partial charge in [0.2, 0.25) is 0 Å². The Hall–Kier alpha value is -0.820. The van der Waals surface area contributed by atoms with E-state index in [1.54, 1.807) is 5.56 Å². The molecule has 1 aliphatic heterocycles. The molecule has 1 saturated heterocycles. The lowest BCUT2D eigenvalue weighted by atomic mass is 9.78. The first kappa shape index (κ1) is 11.3.